The van der Waals surface area contributed by atoms with Crippen molar-refractivity contribution in [2.75, 3.05) is 0 Å². The zero-order valence-electron chi connectivity index (χ0n) is 8.79. The van der Waals surface area contributed by atoms with Crippen molar-refractivity contribution >= 4 is 5.97 Å². The van der Waals surface area contributed by atoms with Crippen LogP contribution in [0.15, 0.2) is 23.3 Å². The summed E-state index contributed by atoms with van der Waals surface area (Å²) in [5, 5.41) is 8.49. The van der Waals surface area contributed by atoms with Crippen molar-refractivity contribution in [1.82, 2.24) is 0 Å². The zero-order valence-corrected chi connectivity index (χ0v) is 8.79. The molecule has 2 nitrogen and oxygen atoms in total. The van der Waals surface area contributed by atoms with E-state index in [1.165, 1.54) is 11.6 Å². The summed E-state index contributed by atoms with van der Waals surface area (Å²) in [6.07, 6.45) is 4.24. The molecule has 0 radical (unpaired) electrons. The Balaban J connectivity index is 4.14. The lowest BCUT2D eigenvalue weighted by Crippen LogP contribution is -1.95. The summed E-state index contributed by atoms with van der Waals surface area (Å²) >= 11 is 0. The summed E-state index contributed by atoms with van der Waals surface area (Å²) in [6.45, 7) is 8.04. The van der Waals surface area contributed by atoms with Gasteiger partial charge in [0, 0.05) is 6.08 Å². The summed E-state index contributed by atoms with van der Waals surface area (Å²) in [5.74, 6) is -0.442. The van der Waals surface area contributed by atoms with Crippen molar-refractivity contribution in [3.05, 3.63) is 23.3 Å². The average molecular weight is 182 g/mol. The van der Waals surface area contributed by atoms with Gasteiger partial charge in [0.05, 0.1) is 0 Å². The van der Waals surface area contributed by atoms with Crippen molar-refractivity contribution in [1.29, 1.82) is 0 Å². The number of carboxylic acid groups (broad SMARTS) is 1. The molecule has 1 unspecified atom stereocenters. The molecule has 74 valence electrons. The molecular formula is C11H18O2. The molecule has 0 bridgehead atoms. The highest BCUT2D eigenvalue weighted by molar-refractivity contribution is 5.80. The van der Waals surface area contributed by atoms with Crippen LogP contribution in [-0.2, 0) is 4.79 Å². The largest absolute Gasteiger partial charge is 0.478 e. The second-order valence-electron chi connectivity index (χ2n) is 3.75. The molecule has 0 amide bonds. The third kappa shape index (κ3) is 7.32. The van der Waals surface area contributed by atoms with Crippen LogP contribution in [0.5, 0.6) is 0 Å². The van der Waals surface area contributed by atoms with E-state index in [9.17, 15) is 4.79 Å². The van der Waals surface area contributed by atoms with E-state index in [1.807, 2.05) is 20.8 Å². The van der Waals surface area contributed by atoms with Crippen LogP contribution in [0.1, 0.15) is 34.1 Å². The first-order chi connectivity index (χ1) is 5.91. The number of hydrogen-bond donors (Lipinski definition) is 1. The maximum Gasteiger partial charge on any atom is 0.328 e. The molecule has 1 atom stereocenters. The van der Waals surface area contributed by atoms with Gasteiger partial charge in [-0.05, 0) is 33.1 Å². The lowest BCUT2D eigenvalue weighted by molar-refractivity contribution is -0.131. The van der Waals surface area contributed by atoms with E-state index < -0.39 is 5.97 Å². The Hall–Kier alpha value is -1.05. The molecule has 1 N–H and O–H groups in total. The predicted octanol–water partition coefficient (Wildman–Crippen LogP) is 3.01. The van der Waals surface area contributed by atoms with Crippen LogP contribution < -0.4 is 0 Å². The van der Waals surface area contributed by atoms with Gasteiger partial charge in [0.2, 0.25) is 0 Å². The standard InChI is InChI=1S/C11H18O2/c1-8(2)5-9(3)6-10(4)7-11(12)13/h5,7,9H,6H2,1-4H3,(H,12,13)/b10-7+. The first-order valence-corrected chi connectivity index (χ1v) is 4.47. The Morgan fingerprint density at radius 1 is 1.38 bits per heavy atom. The number of allylic oxidation sites excluding steroid dienone is 3. The molecule has 0 saturated carbocycles. The molecular weight excluding hydrogens is 164 g/mol. The molecule has 0 spiro atoms. The lowest BCUT2D eigenvalue weighted by atomic mass is 10.00. The van der Waals surface area contributed by atoms with Crippen LogP contribution in [0.2, 0.25) is 0 Å². The molecule has 0 aliphatic heterocycles. The van der Waals surface area contributed by atoms with Crippen LogP contribution in [-0.4, -0.2) is 11.1 Å². The third-order valence-electron chi connectivity index (χ3n) is 1.63. The van der Waals surface area contributed by atoms with Crippen LogP contribution in [0.3, 0.4) is 0 Å². The third-order valence-corrected chi connectivity index (χ3v) is 1.63. The Kier molecular flexibility index (Phi) is 5.12. The minimum Gasteiger partial charge on any atom is -0.478 e. The van der Waals surface area contributed by atoms with Gasteiger partial charge in [-0.15, -0.1) is 0 Å². The number of rotatable bonds is 4. The zero-order chi connectivity index (χ0) is 10.4. The Labute approximate surface area is 80.0 Å². The van der Waals surface area contributed by atoms with Crippen LogP contribution >= 0.6 is 0 Å². The molecule has 0 aliphatic carbocycles. The summed E-state index contributed by atoms with van der Waals surface area (Å²) in [7, 11) is 0. The van der Waals surface area contributed by atoms with E-state index in [2.05, 4.69) is 13.0 Å². The van der Waals surface area contributed by atoms with E-state index in [0.717, 1.165) is 12.0 Å². The Morgan fingerprint density at radius 2 is 1.92 bits per heavy atom. The lowest BCUT2D eigenvalue weighted by Gasteiger charge is -2.06. The molecule has 0 aromatic heterocycles. The molecule has 0 saturated heterocycles. The van der Waals surface area contributed by atoms with Crippen molar-refractivity contribution in [3.8, 4) is 0 Å². The van der Waals surface area contributed by atoms with Crippen LogP contribution in [0.4, 0.5) is 0 Å². The number of carboxylic acids is 1. The van der Waals surface area contributed by atoms with Gasteiger partial charge in [-0.1, -0.05) is 24.1 Å². The fourth-order valence-corrected chi connectivity index (χ4v) is 1.41. The molecule has 0 aliphatic rings. The fraction of sp³-hybridized carbons (Fsp3) is 0.545. The van der Waals surface area contributed by atoms with Crippen LogP contribution in [0, 0.1) is 5.92 Å². The van der Waals surface area contributed by atoms with E-state index in [4.69, 9.17) is 5.11 Å². The highest BCUT2D eigenvalue weighted by Crippen LogP contribution is 2.13. The Morgan fingerprint density at radius 3 is 2.31 bits per heavy atom. The fourth-order valence-electron chi connectivity index (χ4n) is 1.41. The number of aliphatic carboxylic acids is 1. The second kappa shape index (κ2) is 5.57. The van der Waals surface area contributed by atoms with E-state index in [0.29, 0.717) is 5.92 Å². The molecule has 0 aromatic carbocycles. The average Bonchev–Trinajstić information content (AvgIpc) is 1.80. The second-order valence-corrected chi connectivity index (χ2v) is 3.75. The molecule has 13 heavy (non-hydrogen) atoms. The minimum atomic E-state index is -0.859. The summed E-state index contributed by atoms with van der Waals surface area (Å²) in [5.41, 5.74) is 2.19. The highest BCUT2D eigenvalue weighted by atomic mass is 16.4. The predicted molar refractivity (Wildman–Crippen MR) is 54.6 cm³/mol. The van der Waals surface area contributed by atoms with Gasteiger partial charge >= 0.3 is 5.97 Å². The van der Waals surface area contributed by atoms with Gasteiger partial charge in [0.25, 0.3) is 0 Å². The van der Waals surface area contributed by atoms with Gasteiger partial charge in [-0.25, -0.2) is 4.79 Å². The van der Waals surface area contributed by atoms with Crippen molar-refractivity contribution in [2.24, 2.45) is 5.92 Å². The Bertz CT molecular complexity index is 232. The first kappa shape index (κ1) is 11.9. The van der Waals surface area contributed by atoms with E-state index >= 15 is 0 Å². The van der Waals surface area contributed by atoms with Gasteiger partial charge in [-0.2, -0.15) is 0 Å². The molecule has 0 fully saturated rings. The quantitative estimate of drug-likeness (QED) is 0.536. The SMILES string of the molecule is CC(C)=CC(C)C/C(C)=C/C(=O)O. The normalized spacial score (nSPS) is 13.7. The minimum absolute atomic E-state index is 0.417. The van der Waals surface area contributed by atoms with Crippen molar-refractivity contribution in [3.63, 3.8) is 0 Å². The number of hydrogen-bond acceptors (Lipinski definition) is 1. The van der Waals surface area contributed by atoms with Gasteiger partial charge < -0.3 is 5.11 Å². The summed E-state index contributed by atoms with van der Waals surface area (Å²) in [4.78, 5) is 10.3. The summed E-state index contributed by atoms with van der Waals surface area (Å²) < 4.78 is 0. The molecule has 0 rings (SSSR count). The smallest absolute Gasteiger partial charge is 0.328 e. The summed E-state index contributed by atoms with van der Waals surface area (Å²) in [6, 6.07) is 0. The van der Waals surface area contributed by atoms with E-state index in [-0.39, 0.29) is 0 Å². The highest BCUT2D eigenvalue weighted by Gasteiger charge is 2.00. The molecule has 0 aromatic rings. The molecule has 2 heteroatoms. The topological polar surface area (TPSA) is 37.3 Å². The first-order valence-electron chi connectivity index (χ1n) is 4.47. The van der Waals surface area contributed by atoms with Crippen molar-refractivity contribution in [2.45, 2.75) is 34.1 Å². The maximum absolute atomic E-state index is 10.3. The number of carbonyl (C=O) groups is 1. The monoisotopic (exact) mass is 182 g/mol. The van der Waals surface area contributed by atoms with Gasteiger partial charge in [-0.3, -0.25) is 0 Å². The van der Waals surface area contributed by atoms with Gasteiger partial charge in [0.15, 0.2) is 0 Å². The van der Waals surface area contributed by atoms with Gasteiger partial charge in [0.1, 0.15) is 0 Å². The maximum atomic E-state index is 10.3. The van der Waals surface area contributed by atoms with Crippen LogP contribution in [0.25, 0.3) is 0 Å². The van der Waals surface area contributed by atoms with Crippen molar-refractivity contribution < 1.29 is 9.90 Å². The van der Waals surface area contributed by atoms with E-state index in [1.54, 1.807) is 0 Å². The molecule has 0 heterocycles.